The molecule has 39 heavy (non-hydrogen) atoms. The zero-order valence-corrected chi connectivity index (χ0v) is 23.1. The number of rotatable bonds is 17. The molecule has 1 aliphatic rings. The SMILES string of the molecule is C=C(C)C(=O)OCCCCCCCCCCCOc1ccc(C=C(C#N)c2ccc3c(c2)OCO3)cc1OC. The third-order valence-corrected chi connectivity index (χ3v) is 6.43. The first kappa shape index (κ1) is 29.6. The fourth-order valence-corrected chi connectivity index (χ4v) is 4.22. The molecule has 0 N–H and O–H groups in total. The summed E-state index contributed by atoms with van der Waals surface area (Å²) >= 11 is 0. The maximum atomic E-state index is 11.3. The molecular weight excluding hydrogens is 494 g/mol. The average Bonchev–Trinajstić information content (AvgIpc) is 3.42. The highest BCUT2D eigenvalue weighted by molar-refractivity contribution is 5.90. The molecule has 0 spiro atoms. The summed E-state index contributed by atoms with van der Waals surface area (Å²) in [4.78, 5) is 11.3. The lowest BCUT2D eigenvalue weighted by molar-refractivity contribution is -0.139. The van der Waals surface area contributed by atoms with Crippen molar-refractivity contribution in [1.82, 2.24) is 0 Å². The van der Waals surface area contributed by atoms with Crippen molar-refractivity contribution in [1.29, 1.82) is 5.26 Å². The maximum Gasteiger partial charge on any atom is 0.333 e. The number of nitriles is 1. The quantitative estimate of drug-likeness (QED) is 0.0684. The fourth-order valence-electron chi connectivity index (χ4n) is 4.22. The Kier molecular flexibility index (Phi) is 12.3. The lowest BCUT2D eigenvalue weighted by Crippen LogP contribution is -2.05. The van der Waals surface area contributed by atoms with E-state index in [0.717, 1.165) is 36.8 Å². The molecule has 0 fully saturated rings. The van der Waals surface area contributed by atoms with Gasteiger partial charge in [0.15, 0.2) is 23.0 Å². The van der Waals surface area contributed by atoms with Crippen LogP contribution in [0.25, 0.3) is 11.6 Å². The van der Waals surface area contributed by atoms with Crippen LogP contribution in [-0.2, 0) is 9.53 Å². The van der Waals surface area contributed by atoms with Crippen LogP contribution < -0.4 is 18.9 Å². The molecule has 7 heteroatoms. The van der Waals surface area contributed by atoms with Gasteiger partial charge in [0.05, 0.1) is 32.0 Å². The first-order chi connectivity index (χ1) is 19.0. The van der Waals surface area contributed by atoms with Crippen LogP contribution in [0.15, 0.2) is 48.6 Å². The summed E-state index contributed by atoms with van der Waals surface area (Å²) in [6, 6.07) is 13.4. The number of methoxy groups -OCH3 is 1. The van der Waals surface area contributed by atoms with Gasteiger partial charge in [-0.2, -0.15) is 5.26 Å². The number of carbonyl (C=O) groups is 1. The third-order valence-electron chi connectivity index (χ3n) is 6.43. The van der Waals surface area contributed by atoms with E-state index in [1.54, 1.807) is 14.0 Å². The van der Waals surface area contributed by atoms with Gasteiger partial charge in [-0.3, -0.25) is 0 Å². The van der Waals surface area contributed by atoms with E-state index < -0.39 is 0 Å². The minimum absolute atomic E-state index is 0.196. The van der Waals surface area contributed by atoms with Crippen molar-refractivity contribution in [3.05, 3.63) is 59.7 Å². The number of benzene rings is 2. The highest BCUT2D eigenvalue weighted by Crippen LogP contribution is 2.35. The molecule has 0 bridgehead atoms. The number of hydrogen-bond donors (Lipinski definition) is 0. The van der Waals surface area contributed by atoms with E-state index in [0.29, 0.717) is 47.4 Å². The summed E-state index contributed by atoms with van der Waals surface area (Å²) < 4.78 is 27.4. The normalized spacial score (nSPS) is 12.1. The molecule has 0 unspecified atom stereocenters. The molecule has 0 atom stereocenters. The van der Waals surface area contributed by atoms with E-state index in [2.05, 4.69) is 12.6 Å². The van der Waals surface area contributed by atoms with Crippen molar-refractivity contribution in [3.8, 4) is 29.1 Å². The molecule has 0 saturated heterocycles. The second-order valence-corrected chi connectivity index (χ2v) is 9.59. The molecule has 0 aliphatic carbocycles. The van der Waals surface area contributed by atoms with E-state index >= 15 is 0 Å². The van der Waals surface area contributed by atoms with Crippen molar-refractivity contribution in [2.45, 2.75) is 64.7 Å². The van der Waals surface area contributed by atoms with E-state index in [4.69, 9.17) is 23.7 Å². The molecule has 2 aromatic rings. The van der Waals surface area contributed by atoms with E-state index in [1.807, 2.05) is 42.5 Å². The highest BCUT2D eigenvalue weighted by atomic mass is 16.7. The zero-order valence-electron chi connectivity index (χ0n) is 23.1. The largest absolute Gasteiger partial charge is 0.493 e. The van der Waals surface area contributed by atoms with Gasteiger partial charge in [0.1, 0.15) is 0 Å². The summed E-state index contributed by atoms with van der Waals surface area (Å²) in [5.41, 5.74) is 2.59. The summed E-state index contributed by atoms with van der Waals surface area (Å²) in [5.74, 6) is 2.37. The van der Waals surface area contributed by atoms with Crippen molar-refractivity contribution in [2.24, 2.45) is 0 Å². The van der Waals surface area contributed by atoms with Gasteiger partial charge in [0, 0.05) is 5.57 Å². The molecule has 0 amide bonds. The van der Waals surface area contributed by atoms with Crippen molar-refractivity contribution in [2.75, 3.05) is 27.1 Å². The number of allylic oxidation sites excluding steroid dienone is 1. The highest BCUT2D eigenvalue weighted by Gasteiger charge is 2.15. The molecule has 3 rings (SSSR count). The standard InChI is InChI=1S/C32H39NO6/c1-24(2)32(34)37-18-12-10-8-6-4-5-7-9-11-17-36-28-15-13-25(20-30(28)35-3)19-27(22-33)26-14-16-29-31(21-26)39-23-38-29/h13-16,19-21H,1,4-12,17-18,23H2,2-3H3. The summed E-state index contributed by atoms with van der Waals surface area (Å²) in [6.07, 6.45) is 12.0. The second-order valence-electron chi connectivity index (χ2n) is 9.59. The minimum atomic E-state index is -0.297. The van der Waals surface area contributed by atoms with Crippen LogP contribution in [-0.4, -0.2) is 33.1 Å². The number of fused-ring (bicyclic) bond motifs is 1. The Morgan fingerprint density at radius 3 is 2.26 bits per heavy atom. The topological polar surface area (TPSA) is 87.0 Å². The molecule has 1 aliphatic heterocycles. The van der Waals surface area contributed by atoms with Gasteiger partial charge in [-0.25, -0.2) is 4.79 Å². The Balaban J connectivity index is 1.33. The van der Waals surface area contributed by atoms with Gasteiger partial charge >= 0.3 is 5.97 Å². The first-order valence-electron chi connectivity index (χ1n) is 13.7. The number of unbranched alkanes of at least 4 members (excludes halogenated alkanes) is 8. The molecule has 0 radical (unpaired) electrons. The predicted octanol–water partition coefficient (Wildman–Crippen LogP) is 7.50. The van der Waals surface area contributed by atoms with Gasteiger partial charge in [-0.15, -0.1) is 0 Å². The van der Waals surface area contributed by atoms with Crippen LogP contribution in [0.4, 0.5) is 0 Å². The van der Waals surface area contributed by atoms with Crippen LogP contribution in [0.2, 0.25) is 0 Å². The molecule has 2 aromatic carbocycles. The molecule has 208 valence electrons. The lowest BCUT2D eigenvalue weighted by Gasteiger charge is -2.11. The molecular formula is C32H39NO6. The summed E-state index contributed by atoms with van der Waals surface area (Å²) in [7, 11) is 1.62. The number of ether oxygens (including phenoxy) is 5. The van der Waals surface area contributed by atoms with Gasteiger partial charge in [0.25, 0.3) is 0 Å². The number of nitrogens with zero attached hydrogens (tertiary/aromatic N) is 1. The minimum Gasteiger partial charge on any atom is -0.493 e. The van der Waals surface area contributed by atoms with Gasteiger partial charge < -0.3 is 23.7 Å². The predicted molar refractivity (Wildman–Crippen MR) is 152 cm³/mol. The Hall–Kier alpha value is -3.92. The molecule has 1 heterocycles. The van der Waals surface area contributed by atoms with E-state index in [-0.39, 0.29) is 12.8 Å². The first-order valence-corrected chi connectivity index (χ1v) is 13.7. The monoisotopic (exact) mass is 533 g/mol. The lowest BCUT2D eigenvalue weighted by atomic mass is 10.0. The van der Waals surface area contributed by atoms with Crippen molar-refractivity contribution < 1.29 is 28.5 Å². The maximum absolute atomic E-state index is 11.3. The molecule has 0 saturated carbocycles. The number of hydrogen-bond acceptors (Lipinski definition) is 7. The Morgan fingerprint density at radius 1 is 0.923 bits per heavy atom. The van der Waals surface area contributed by atoms with E-state index in [9.17, 15) is 10.1 Å². The zero-order chi connectivity index (χ0) is 27.9. The van der Waals surface area contributed by atoms with Crippen LogP contribution in [0.3, 0.4) is 0 Å². The van der Waals surface area contributed by atoms with Crippen molar-refractivity contribution in [3.63, 3.8) is 0 Å². The Morgan fingerprint density at radius 2 is 1.59 bits per heavy atom. The third kappa shape index (κ3) is 9.72. The van der Waals surface area contributed by atoms with Crippen molar-refractivity contribution >= 4 is 17.6 Å². The van der Waals surface area contributed by atoms with Crippen LogP contribution in [0.1, 0.15) is 75.8 Å². The second kappa shape index (κ2) is 16.1. The fraction of sp³-hybridized carbons (Fsp3) is 0.438. The molecule has 0 aromatic heterocycles. The summed E-state index contributed by atoms with van der Waals surface area (Å²) in [5, 5.41) is 9.72. The van der Waals surface area contributed by atoms with Crippen LogP contribution >= 0.6 is 0 Å². The Labute approximate surface area is 232 Å². The smallest absolute Gasteiger partial charge is 0.333 e. The van der Waals surface area contributed by atoms with Gasteiger partial charge in [-0.05, 0) is 67.3 Å². The number of esters is 1. The van der Waals surface area contributed by atoms with Crippen LogP contribution in [0.5, 0.6) is 23.0 Å². The van der Waals surface area contributed by atoms with Gasteiger partial charge in [0.2, 0.25) is 6.79 Å². The number of carbonyl (C=O) groups excluding carboxylic acids is 1. The summed E-state index contributed by atoms with van der Waals surface area (Å²) in [6.45, 7) is 6.56. The molecule has 7 nitrogen and oxygen atoms in total. The van der Waals surface area contributed by atoms with Crippen LogP contribution in [0, 0.1) is 11.3 Å². The van der Waals surface area contributed by atoms with Gasteiger partial charge in [-0.1, -0.05) is 57.6 Å². The average molecular weight is 534 g/mol. The Bertz CT molecular complexity index is 1180. The van der Waals surface area contributed by atoms with E-state index in [1.165, 1.54) is 32.1 Å².